The minimum absolute atomic E-state index is 0.0242. The van der Waals surface area contributed by atoms with Crippen LogP contribution < -0.4 is 10.6 Å². The molecule has 2 heterocycles. The number of thiophene rings is 1. The van der Waals surface area contributed by atoms with E-state index in [2.05, 4.69) is 15.7 Å². The summed E-state index contributed by atoms with van der Waals surface area (Å²) < 4.78 is 6.75. The van der Waals surface area contributed by atoms with Crippen LogP contribution in [-0.4, -0.2) is 28.0 Å². The van der Waals surface area contributed by atoms with E-state index in [0.717, 1.165) is 21.7 Å². The van der Waals surface area contributed by atoms with Crippen LogP contribution in [-0.2, 0) is 11.8 Å². The Labute approximate surface area is 173 Å². The standard InChI is InChI=1S/C20H22N4O2S2/c1-12(16-11-21-24(3)13(16)2)22-20(27)23-18-15(19(25)26-4)10-17(28-18)14-8-6-5-7-9-14/h5-12H,1-4H3,(H2,22,23,27). The van der Waals surface area contributed by atoms with Crippen molar-refractivity contribution in [1.29, 1.82) is 0 Å². The van der Waals surface area contributed by atoms with E-state index in [0.29, 0.717) is 15.7 Å². The van der Waals surface area contributed by atoms with Gasteiger partial charge in [0.15, 0.2) is 5.11 Å². The molecule has 0 amide bonds. The maximum Gasteiger partial charge on any atom is 0.340 e. The third-order valence-electron chi connectivity index (χ3n) is 4.51. The molecule has 2 aromatic heterocycles. The van der Waals surface area contributed by atoms with Crippen molar-refractivity contribution >= 4 is 39.6 Å². The molecular weight excluding hydrogens is 392 g/mol. The van der Waals surface area contributed by atoms with Gasteiger partial charge in [0.05, 0.1) is 24.9 Å². The number of carbonyl (C=O) groups is 1. The number of thiocarbonyl (C=S) groups is 1. The Bertz CT molecular complexity index is 995. The van der Waals surface area contributed by atoms with E-state index >= 15 is 0 Å². The maximum absolute atomic E-state index is 12.2. The Morgan fingerprint density at radius 2 is 2.04 bits per heavy atom. The molecule has 28 heavy (non-hydrogen) atoms. The number of methoxy groups -OCH3 is 1. The fourth-order valence-corrected chi connectivity index (χ4v) is 4.24. The predicted octanol–water partition coefficient (Wildman–Crippen LogP) is 4.29. The topological polar surface area (TPSA) is 68.2 Å². The molecule has 0 aliphatic rings. The van der Waals surface area contributed by atoms with Crippen molar-refractivity contribution in [2.45, 2.75) is 19.9 Å². The number of hydrogen-bond donors (Lipinski definition) is 2. The van der Waals surface area contributed by atoms with Crippen LogP contribution in [0.25, 0.3) is 10.4 Å². The highest BCUT2D eigenvalue weighted by Crippen LogP contribution is 2.36. The number of nitrogens with zero attached hydrogens (tertiary/aromatic N) is 2. The van der Waals surface area contributed by atoms with Crippen LogP contribution in [0.4, 0.5) is 5.00 Å². The normalized spacial score (nSPS) is 11.7. The Morgan fingerprint density at radius 1 is 1.32 bits per heavy atom. The first kappa shape index (κ1) is 20.0. The second-order valence-corrected chi connectivity index (χ2v) is 7.80. The molecule has 6 nitrogen and oxygen atoms in total. The van der Waals surface area contributed by atoms with Crippen molar-refractivity contribution in [2.75, 3.05) is 12.4 Å². The van der Waals surface area contributed by atoms with Crippen LogP contribution in [0.5, 0.6) is 0 Å². The zero-order valence-corrected chi connectivity index (χ0v) is 17.8. The summed E-state index contributed by atoms with van der Waals surface area (Å²) in [5.41, 5.74) is 3.63. The molecule has 1 atom stereocenters. The summed E-state index contributed by atoms with van der Waals surface area (Å²) in [5, 5.41) is 11.8. The molecule has 0 radical (unpaired) electrons. The Hall–Kier alpha value is -2.71. The minimum atomic E-state index is -0.403. The molecule has 0 spiro atoms. The van der Waals surface area contributed by atoms with Crippen LogP contribution in [0.15, 0.2) is 42.6 Å². The highest BCUT2D eigenvalue weighted by Gasteiger charge is 2.19. The number of ether oxygens (including phenoxy) is 1. The average Bonchev–Trinajstić information content (AvgIpc) is 3.25. The summed E-state index contributed by atoms with van der Waals surface area (Å²) in [5.74, 6) is -0.403. The molecule has 0 aliphatic heterocycles. The van der Waals surface area contributed by atoms with E-state index in [1.165, 1.54) is 18.4 Å². The lowest BCUT2D eigenvalue weighted by Gasteiger charge is -2.16. The zero-order chi connectivity index (χ0) is 20.3. The van der Waals surface area contributed by atoms with E-state index in [1.54, 1.807) is 0 Å². The van der Waals surface area contributed by atoms with Crippen molar-refractivity contribution in [2.24, 2.45) is 7.05 Å². The summed E-state index contributed by atoms with van der Waals surface area (Å²) in [7, 11) is 3.28. The molecular formula is C20H22N4O2S2. The Kier molecular flexibility index (Phi) is 6.11. The summed E-state index contributed by atoms with van der Waals surface area (Å²) in [4.78, 5) is 13.2. The molecule has 146 valence electrons. The fourth-order valence-electron chi connectivity index (χ4n) is 2.84. The number of carbonyl (C=O) groups excluding carboxylic acids is 1. The average molecular weight is 415 g/mol. The lowest BCUT2D eigenvalue weighted by Crippen LogP contribution is -2.31. The summed E-state index contributed by atoms with van der Waals surface area (Å²) >= 11 is 6.93. The molecule has 0 saturated carbocycles. The molecule has 0 bridgehead atoms. The SMILES string of the molecule is COC(=O)c1cc(-c2ccccc2)sc1NC(=S)NC(C)c1cnn(C)c1C. The first-order valence-corrected chi connectivity index (χ1v) is 9.96. The van der Waals surface area contributed by atoms with Gasteiger partial charge in [-0.15, -0.1) is 11.3 Å². The van der Waals surface area contributed by atoms with Crippen molar-refractivity contribution in [3.63, 3.8) is 0 Å². The van der Waals surface area contributed by atoms with Gasteiger partial charge in [-0.3, -0.25) is 4.68 Å². The maximum atomic E-state index is 12.2. The molecule has 0 saturated heterocycles. The van der Waals surface area contributed by atoms with Crippen LogP contribution in [0.1, 0.15) is 34.6 Å². The van der Waals surface area contributed by atoms with E-state index in [-0.39, 0.29) is 6.04 Å². The van der Waals surface area contributed by atoms with Gasteiger partial charge in [0.1, 0.15) is 5.00 Å². The van der Waals surface area contributed by atoms with Crippen LogP contribution >= 0.6 is 23.6 Å². The Balaban J connectivity index is 1.80. The summed E-state index contributed by atoms with van der Waals surface area (Å²) in [6, 6.07) is 11.7. The second-order valence-electron chi connectivity index (χ2n) is 6.34. The van der Waals surface area contributed by atoms with Crippen molar-refractivity contribution in [1.82, 2.24) is 15.1 Å². The number of nitrogens with one attached hydrogen (secondary N) is 2. The summed E-state index contributed by atoms with van der Waals surface area (Å²) in [6.45, 7) is 4.03. The second kappa shape index (κ2) is 8.53. The molecule has 0 aliphatic carbocycles. The Morgan fingerprint density at radius 3 is 2.64 bits per heavy atom. The highest BCUT2D eigenvalue weighted by atomic mass is 32.1. The van der Waals surface area contributed by atoms with E-state index in [1.807, 2.05) is 68.2 Å². The lowest BCUT2D eigenvalue weighted by molar-refractivity contribution is 0.0602. The third kappa shape index (κ3) is 4.23. The molecule has 0 fully saturated rings. The van der Waals surface area contributed by atoms with Gasteiger partial charge in [-0.2, -0.15) is 5.10 Å². The van der Waals surface area contributed by atoms with Gasteiger partial charge in [0.25, 0.3) is 0 Å². The number of hydrogen-bond acceptors (Lipinski definition) is 5. The molecule has 1 unspecified atom stereocenters. The quantitative estimate of drug-likeness (QED) is 0.479. The van der Waals surface area contributed by atoms with Crippen LogP contribution in [0.3, 0.4) is 0 Å². The number of rotatable bonds is 5. The van der Waals surface area contributed by atoms with Crippen molar-refractivity contribution in [3.05, 3.63) is 59.4 Å². The van der Waals surface area contributed by atoms with Gasteiger partial charge in [-0.05, 0) is 37.7 Å². The zero-order valence-electron chi connectivity index (χ0n) is 16.1. The first-order valence-electron chi connectivity index (χ1n) is 8.74. The van der Waals surface area contributed by atoms with Crippen LogP contribution in [0, 0.1) is 6.92 Å². The third-order valence-corrected chi connectivity index (χ3v) is 5.83. The van der Waals surface area contributed by atoms with E-state index in [9.17, 15) is 4.79 Å². The van der Waals surface area contributed by atoms with Gasteiger partial charge >= 0.3 is 5.97 Å². The lowest BCUT2D eigenvalue weighted by atomic mass is 10.1. The fraction of sp³-hybridized carbons (Fsp3) is 0.250. The smallest absolute Gasteiger partial charge is 0.340 e. The van der Waals surface area contributed by atoms with Gasteiger partial charge in [0.2, 0.25) is 0 Å². The molecule has 3 rings (SSSR count). The number of aromatic nitrogens is 2. The van der Waals surface area contributed by atoms with Gasteiger partial charge in [0, 0.05) is 23.2 Å². The van der Waals surface area contributed by atoms with Crippen LogP contribution in [0.2, 0.25) is 0 Å². The van der Waals surface area contributed by atoms with E-state index < -0.39 is 5.97 Å². The van der Waals surface area contributed by atoms with Gasteiger partial charge in [-0.1, -0.05) is 30.3 Å². The predicted molar refractivity (Wildman–Crippen MR) is 117 cm³/mol. The molecule has 2 N–H and O–H groups in total. The number of anilines is 1. The van der Waals surface area contributed by atoms with Crippen molar-refractivity contribution < 1.29 is 9.53 Å². The first-order chi connectivity index (χ1) is 13.4. The number of aryl methyl sites for hydroxylation is 1. The highest BCUT2D eigenvalue weighted by molar-refractivity contribution is 7.80. The minimum Gasteiger partial charge on any atom is -0.465 e. The number of benzene rings is 1. The molecule has 3 aromatic rings. The van der Waals surface area contributed by atoms with E-state index in [4.69, 9.17) is 17.0 Å². The summed E-state index contributed by atoms with van der Waals surface area (Å²) in [6.07, 6.45) is 1.83. The largest absolute Gasteiger partial charge is 0.465 e. The van der Waals surface area contributed by atoms with Crippen molar-refractivity contribution in [3.8, 4) is 10.4 Å². The monoisotopic (exact) mass is 414 g/mol. The molecule has 1 aromatic carbocycles. The van der Waals surface area contributed by atoms with Gasteiger partial charge < -0.3 is 15.4 Å². The van der Waals surface area contributed by atoms with Gasteiger partial charge in [-0.25, -0.2) is 4.79 Å². The molecule has 8 heteroatoms. The number of esters is 1.